The lowest BCUT2D eigenvalue weighted by Gasteiger charge is -2.09. The molecular weight excluding hydrogens is 400 g/mol. The van der Waals surface area contributed by atoms with Crippen molar-refractivity contribution in [3.05, 3.63) is 70.6 Å². The maximum atomic E-state index is 12.3. The lowest BCUT2D eigenvalue weighted by molar-refractivity contribution is -0.113. The fourth-order valence-electron chi connectivity index (χ4n) is 2.31. The average molecular weight is 417 g/mol. The van der Waals surface area contributed by atoms with Crippen LogP contribution in [0.4, 0.5) is 5.82 Å². The standard InChI is InChI=1S/C18H17BrN4OS/c1-13-9-17(23(22-13)16-4-2-3-15(19)10-16)21-18(24)12-25-11-14-5-7-20-8-6-14/h2-10H,11-12H2,1H3,(H,21,24). The van der Waals surface area contributed by atoms with Crippen LogP contribution in [0.25, 0.3) is 5.69 Å². The highest BCUT2D eigenvalue weighted by Crippen LogP contribution is 2.21. The number of amides is 1. The first-order valence-electron chi connectivity index (χ1n) is 7.71. The van der Waals surface area contributed by atoms with E-state index >= 15 is 0 Å². The Labute approximate surface area is 159 Å². The zero-order chi connectivity index (χ0) is 17.6. The average Bonchev–Trinajstić information content (AvgIpc) is 2.96. The zero-order valence-electron chi connectivity index (χ0n) is 13.6. The third kappa shape index (κ3) is 4.93. The molecular formula is C18H17BrN4OS. The number of aryl methyl sites for hydroxylation is 1. The summed E-state index contributed by atoms with van der Waals surface area (Å²) in [4.78, 5) is 16.3. The monoisotopic (exact) mass is 416 g/mol. The molecule has 0 unspecified atom stereocenters. The van der Waals surface area contributed by atoms with Gasteiger partial charge in [-0.3, -0.25) is 9.78 Å². The van der Waals surface area contributed by atoms with E-state index in [4.69, 9.17) is 0 Å². The van der Waals surface area contributed by atoms with Crippen molar-refractivity contribution >= 4 is 39.4 Å². The van der Waals surface area contributed by atoms with E-state index in [2.05, 4.69) is 31.3 Å². The molecule has 0 bridgehead atoms. The molecule has 0 saturated heterocycles. The van der Waals surface area contributed by atoms with Crippen molar-refractivity contribution in [2.24, 2.45) is 0 Å². The van der Waals surface area contributed by atoms with Gasteiger partial charge in [0.05, 0.1) is 17.1 Å². The van der Waals surface area contributed by atoms with E-state index in [-0.39, 0.29) is 5.91 Å². The van der Waals surface area contributed by atoms with Gasteiger partial charge >= 0.3 is 0 Å². The largest absolute Gasteiger partial charge is 0.310 e. The third-order valence-corrected chi connectivity index (χ3v) is 4.90. The molecule has 2 aromatic heterocycles. The van der Waals surface area contributed by atoms with Crippen molar-refractivity contribution in [3.8, 4) is 5.69 Å². The van der Waals surface area contributed by atoms with Gasteiger partial charge in [-0.15, -0.1) is 11.8 Å². The van der Waals surface area contributed by atoms with Crippen molar-refractivity contribution in [2.45, 2.75) is 12.7 Å². The second-order valence-corrected chi connectivity index (χ2v) is 7.36. The van der Waals surface area contributed by atoms with Gasteiger partial charge < -0.3 is 5.32 Å². The minimum Gasteiger partial charge on any atom is -0.310 e. The molecule has 3 aromatic rings. The minimum absolute atomic E-state index is 0.0461. The van der Waals surface area contributed by atoms with E-state index in [1.165, 1.54) is 0 Å². The fourth-order valence-corrected chi connectivity index (χ4v) is 3.49. The van der Waals surface area contributed by atoms with Crippen LogP contribution >= 0.6 is 27.7 Å². The number of carbonyl (C=O) groups excluding carboxylic acids is 1. The molecule has 1 aromatic carbocycles. The number of hydrogen-bond donors (Lipinski definition) is 1. The Balaban J connectivity index is 1.63. The Bertz CT molecular complexity index is 867. The molecule has 5 nitrogen and oxygen atoms in total. The molecule has 2 heterocycles. The maximum absolute atomic E-state index is 12.3. The van der Waals surface area contributed by atoms with Gasteiger partial charge in [0.1, 0.15) is 5.82 Å². The lowest BCUT2D eigenvalue weighted by atomic mass is 10.3. The van der Waals surface area contributed by atoms with E-state index in [0.717, 1.165) is 27.2 Å². The first-order chi connectivity index (χ1) is 12.1. The van der Waals surface area contributed by atoms with Crippen LogP contribution in [0.5, 0.6) is 0 Å². The number of nitrogens with one attached hydrogen (secondary N) is 1. The van der Waals surface area contributed by atoms with Crippen LogP contribution in [-0.4, -0.2) is 26.4 Å². The third-order valence-electron chi connectivity index (χ3n) is 3.40. The fraction of sp³-hybridized carbons (Fsp3) is 0.167. The number of anilines is 1. The molecule has 0 radical (unpaired) electrons. The number of benzene rings is 1. The molecule has 25 heavy (non-hydrogen) atoms. The Hall–Kier alpha value is -2.12. The lowest BCUT2D eigenvalue weighted by Crippen LogP contribution is -2.17. The number of halogens is 1. The first-order valence-corrected chi connectivity index (χ1v) is 9.66. The van der Waals surface area contributed by atoms with E-state index in [9.17, 15) is 4.79 Å². The summed E-state index contributed by atoms with van der Waals surface area (Å²) in [5, 5.41) is 7.42. The van der Waals surface area contributed by atoms with Crippen LogP contribution in [0.15, 0.2) is 59.3 Å². The summed E-state index contributed by atoms with van der Waals surface area (Å²) < 4.78 is 2.70. The van der Waals surface area contributed by atoms with Gasteiger partial charge in [-0.05, 0) is 42.8 Å². The Morgan fingerprint density at radius 1 is 1.24 bits per heavy atom. The molecule has 1 amide bonds. The van der Waals surface area contributed by atoms with Gasteiger partial charge in [0, 0.05) is 28.7 Å². The highest BCUT2D eigenvalue weighted by molar-refractivity contribution is 9.10. The molecule has 0 spiro atoms. The van der Waals surface area contributed by atoms with Gasteiger partial charge in [0.25, 0.3) is 0 Å². The summed E-state index contributed by atoms with van der Waals surface area (Å²) in [6.07, 6.45) is 3.52. The summed E-state index contributed by atoms with van der Waals surface area (Å²) in [5.74, 6) is 1.78. The van der Waals surface area contributed by atoms with Crippen LogP contribution in [0, 0.1) is 6.92 Å². The number of thioether (sulfide) groups is 1. The van der Waals surface area contributed by atoms with Crippen LogP contribution in [0.1, 0.15) is 11.3 Å². The minimum atomic E-state index is -0.0461. The quantitative estimate of drug-likeness (QED) is 0.653. The summed E-state index contributed by atoms with van der Waals surface area (Å²) in [6.45, 7) is 1.91. The number of pyridine rings is 1. The summed E-state index contributed by atoms with van der Waals surface area (Å²) in [7, 11) is 0. The topological polar surface area (TPSA) is 59.8 Å². The number of nitrogens with zero attached hydrogens (tertiary/aromatic N) is 3. The molecule has 0 aliphatic heterocycles. The number of carbonyl (C=O) groups is 1. The molecule has 0 saturated carbocycles. The van der Waals surface area contributed by atoms with Gasteiger partial charge in [0.2, 0.25) is 5.91 Å². The summed E-state index contributed by atoms with van der Waals surface area (Å²) in [5.41, 5.74) is 2.89. The Morgan fingerprint density at radius 3 is 2.80 bits per heavy atom. The number of rotatable bonds is 6. The molecule has 1 N–H and O–H groups in total. The van der Waals surface area contributed by atoms with Crippen molar-refractivity contribution in [1.82, 2.24) is 14.8 Å². The van der Waals surface area contributed by atoms with Crippen molar-refractivity contribution in [1.29, 1.82) is 0 Å². The molecule has 7 heteroatoms. The second-order valence-electron chi connectivity index (χ2n) is 5.46. The molecule has 0 aliphatic rings. The van der Waals surface area contributed by atoms with Gasteiger partial charge in [-0.25, -0.2) is 4.68 Å². The van der Waals surface area contributed by atoms with Crippen molar-refractivity contribution in [2.75, 3.05) is 11.1 Å². The normalized spacial score (nSPS) is 10.6. The van der Waals surface area contributed by atoms with E-state index in [1.54, 1.807) is 28.8 Å². The predicted molar refractivity (Wildman–Crippen MR) is 105 cm³/mol. The van der Waals surface area contributed by atoms with Gasteiger partial charge in [0.15, 0.2) is 0 Å². The van der Waals surface area contributed by atoms with Gasteiger partial charge in [-0.1, -0.05) is 22.0 Å². The van der Waals surface area contributed by atoms with Crippen molar-refractivity contribution in [3.63, 3.8) is 0 Å². The van der Waals surface area contributed by atoms with Crippen molar-refractivity contribution < 1.29 is 4.79 Å². The highest BCUT2D eigenvalue weighted by Gasteiger charge is 2.11. The highest BCUT2D eigenvalue weighted by atomic mass is 79.9. The van der Waals surface area contributed by atoms with Crippen LogP contribution < -0.4 is 5.32 Å². The molecule has 0 aliphatic carbocycles. The molecule has 0 atom stereocenters. The van der Waals surface area contributed by atoms with Crippen LogP contribution in [-0.2, 0) is 10.5 Å². The second kappa shape index (κ2) is 8.31. The molecule has 0 fully saturated rings. The SMILES string of the molecule is Cc1cc(NC(=O)CSCc2ccncc2)n(-c2cccc(Br)c2)n1. The van der Waals surface area contributed by atoms with Crippen LogP contribution in [0.3, 0.4) is 0 Å². The van der Waals surface area contributed by atoms with Crippen LogP contribution in [0.2, 0.25) is 0 Å². The van der Waals surface area contributed by atoms with E-state index < -0.39 is 0 Å². The molecule has 3 rings (SSSR count). The Kier molecular flexibility index (Phi) is 5.88. The van der Waals surface area contributed by atoms with Gasteiger partial charge in [-0.2, -0.15) is 5.10 Å². The van der Waals surface area contributed by atoms with E-state index in [0.29, 0.717) is 11.6 Å². The Morgan fingerprint density at radius 2 is 2.04 bits per heavy atom. The molecule has 128 valence electrons. The van der Waals surface area contributed by atoms with E-state index in [1.807, 2.05) is 49.4 Å². The first kappa shape index (κ1) is 17.7. The maximum Gasteiger partial charge on any atom is 0.235 e. The predicted octanol–water partition coefficient (Wildman–Crippen LogP) is 4.21. The summed E-state index contributed by atoms with van der Waals surface area (Å²) in [6, 6.07) is 13.6. The number of hydrogen-bond acceptors (Lipinski definition) is 4. The smallest absolute Gasteiger partial charge is 0.235 e. The summed E-state index contributed by atoms with van der Waals surface area (Å²) >= 11 is 5.03. The zero-order valence-corrected chi connectivity index (χ0v) is 16.0. The number of aromatic nitrogens is 3.